The molecular weight excluding hydrogens is 268 g/mol. The minimum absolute atomic E-state index is 0.179. The first-order valence-electron chi connectivity index (χ1n) is 6.69. The van der Waals surface area contributed by atoms with Crippen molar-refractivity contribution in [1.29, 1.82) is 0 Å². The Labute approximate surface area is 123 Å². The Bertz CT molecular complexity index is 716. The topological polar surface area (TPSA) is 15.6 Å². The Balaban J connectivity index is 1.70. The van der Waals surface area contributed by atoms with Crippen LogP contribution in [-0.2, 0) is 0 Å². The normalized spacial score (nSPS) is 19.6. The van der Waals surface area contributed by atoms with Gasteiger partial charge in [-0.25, -0.2) is 0 Å². The monoisotopic (exact) mass is 280 g/mol. The minimum atomic E-state index is 0.179. The van der Waals surface area contributed by atoms with E-state index in [2.05, 4.69) is 53.5 Å². The predicted octanol–water partition coefficient (Wildman–Crippen LogP) is 4.33. The van der Waals surface area contributed by atoms with Crippen molar-refractivity contribution < 1.29 is 0 Å². The van der Waals surface area contributed by atoms with E-state index in [1.165, 1.54) is 16.8 Å². The van der Waals surface area contributed by atoms with Crippen molar-refractivity contribution in [2.24, 2.45) is 4.99 Å². The molecule has 20 heavy (non-hydrogen) atoms. The van der Waals surface area contributed by atoms with Crippen LogP contribution >= 0.6 is 11.6 Å². The van der Waals surface area contributed by atoms with Crippen molar-refractivity contribution in [3.8, 4) is 0 Å². The zero-order chi connectivity index (χ0) is 13.5. The maximum absolute atomic E-state index is 5.95. The molecule has 0 fully saturated rings. The molecule has 0 saturated heterocycles. The highest BCUT2D eigenvalue weighted by Crippen LogP contribution is 2.34. The molecule has 2 heterocycles. The first-order chi connectivity index (χ1) is 9.81. The lowest BCUT2D eigenvalue weighted by molar-refractivity contribution is 0.780. The van der Waals surface area contributed by atoms with E-state index in [4.69, 9.17) is 16.6 Å². The second-order valence-corrected chi connectivity index (χ2v) is 5.49. The molecule has 0 spiro atoms. The average Bonchev–Trinajstić information content (AvgIpc) is 2.92. The molecule has 2 aromatic rings. The van der Waals surface area contributed by atoms with E-state index in [9.17, 15) is 0 Å². The third kappa shape index (κ3) is 1.84. The third-order valence-corrected chi connectivity index (χ3v) is 4.07. The van der Waals surface area contributed by atoms with Gasteiger partial charge in [-0.3, -0.25) is 4.99 Å². The van der Waals surface area contributed by atoms with Gasteiger partial charge in [-0.1, -0.05) is 41.9 Å². The average molecular weight is 281 g/mol. The molecule has 2 aromatic carbocycles. The first kappa shape index (κ1) is 11.7. The van der Waals surface area contributed by atoms with Crippen LogP contribution in [0, 0.1) is 0 Å². The zero-order valence-electron chi connectivity index (χ0n) is 10.8. The van der Waals surface area contributed by atoms with Gasteiger partial charge in [0.2, 0.25) is 0 Å². The lowest BCUT2D eigenvalue weighted by Gasteiger charge is -2.24. The van der Waals surface area contributed by atoms with Crippen molar-refractivity contribution in [2.45, 2.75) is 6.04 Å². The molecule has 2 aliphatic heterocycles. The quantitative estimate of drug-likeness (QED) is 0.759. The smallest absolute Gasteiger partial charge is 0.128 e. The van der Waals surface area contributed by atoms with E-state index >= 15 is 0 Å². The largest absolute Gasteiger partial charge is 0.324 e. The number of anilines is 1. The van der Waals surface area contributed by atoms with Crippen LogP contribution < -0.4 is 4.90 Å². The highest BCUT2D eigenvalue weighted by atomic mass is 35.5. The molecule has 0 radical (unpaired) electrons. The molecule has 2 nitrogen and oxygen atoms in total. The Morgan fingerprint density at radius 3 is 2.65 bits per heavy atom. The predicted molar refractivity (Wildman–Crippen MR) is 84.5 cm³/mol. The number of fused-ring (bicyclic) bond motifs is 3. The summed E-state index contributed by atoms with van der Waals surface area (Å²) in [6.07, 6.45) is 4.23. The van der Waals surface area contributed by atoms with Gasteiger partial charge >= 0.3 is 0 Å². The van der Waals surface area contributed by atoms with Crippen LogP contribution in [0.5, 0.6) is 0 Å². The summed E-state index contributed by atoms with van der Waals surface area (Å²) < 4.78 is 0. The summed E-state index contributed by atoms with van der Waals surface area (Å²) in [5.41, 5.74) is 3.70. The fourth-order valence-corrected chi connectivity index (χ4v) is 2.92. The summed E-state index contributed by atoms with van der Waals surface area (Å²) >= 11 is 5.95. The maximum atomic E-state index is 5.95. The number of halogens is 1. The zero-order valence-corrected chi connectivity index (χ0v) is 11.6. The van der Waals surface area contributed by atoms with E-state index in [1.54, 1.807) is 0 Å². The Kier molecular flexibility index (Phi) is 2.64. The fraction of sp³-hybridized carbons (Fsp3) is 0.118. The molecule has 98 valence electrons. The summed E-state index contributed by atoms with van der Waals surface area (Å²) in [6, 6.07) is 16.6. The van der Waals surface area contributed by atoms with E-state index in [0.717, 1.165) is 17.4 Å². The molecule has 0 aromatic heterocycles. The minimum Gasteiger partial charge on any atom is -0.324 e. The Hall–Kier alpha value is -2.06. The molecule has 2 aliphatic rings. The molecule has 0 unspecified atom stereocenters. The molecule has 3 heteroatoms. The SMILES string of the molecule is Clc1ccc([C@@H]2CN3C(=N2)C=Cc2ccccc23)cc1. The standard InChI is InChI=1S/C17H13ClN2/c18-14-8-5-12(6-9-14)15-11-20-16-4-2-1-3-13(16)7-10-17(20)19-15/h1-10,15H,11H2/t15-/m0/s1. The third-order valence-electron chi connectivity index (χ3n) is 3.81. The van der Waals surface area contributed by atoms with Crippen LogP contribution in [0.15, 0.2) is 59.6 Å². The van der Waals surface area contributed by atoms with Gasteiger partial charge in [0.05, 0.1) is 12.6 Å². The van der Waals surface area contributed by atoms with Crippen LogP contribution in [0.1, 0.15) is 17.2 Å². The van der Waals surface area contributed by atoms with E-state index in [1.807, 2.05) is 12.1 Å². The van der Waals surface area contributed by atoms with E-state index in [-0.39, 0.29) is 6.04 Å². The number of benzene rings is 2. The molecule has 0 amide bonds. The summed E-state index contributed by atoms with van der Waals surface area (Å²) in [5.74, 6) is 1.05. The molecular formula is C17H13ClN2. The van der Waals surface area contributed by atoms with Crippen molar-refractivity contribution in [1.82, 2.24) is 0 Å². The van der Waals surface area contributed by atoms with Crippen molar-refractivity contribution in [2.75, 3.05) is 11.4 Å². The van der Waals surface area contributed by atoms with Crippen LogP contribution in [0.4, 0.5) is 5.69 Å². The van der Waals surface area contributed by atoms with Gasteiger partial charge in [0.25, 0.3) is 0 Å². The molecule has 0 saturated carbocycles. The number of aliphatic imine (C=N–C) groups is 1. The Morgan fingerprint density at radius 2 is 1.80 bits per heavy atom. The second-order valence-electron chi connectivity index (χ2n) is 5.06. The van der Waals surface area contributed by atoms with Gasteiger partial charge in [0.1, 0.15) is 5.84 Å². The summed E-state index contributed by atoms with van der Waals surface area (Å²) in [6.45, 7) is 0.887. The molecule has 4 rings (SSSR count). The van der Waals surface area contributed by atoms with E-state index < -0.39 is 0 Å². The lowest BCUT2D eigenvalue weighted by atomic mass is 10.1. The van der Waals surface area contributed by atoms with Crippen molar-refractivity contribution in [3.63, 3.8) is 0 Å². The number of para-hydroxylation sites is 1. The molecule has 0 aliphatic carbocycles. The highest BCUT2D eigenvalue weighted by molar-refractivity contribution is 6.30. The lowest BCUT2D eigenvalue weighted by Crippen LogP contribution is -2.28. The maximum Gasteiger partial charge on any atom is 0.128 e. The summed E-state index contributed by atoms with van der Waals surface area (Å²) in [4.78, 5) is 7.11. The van der Waals surface area contributed by atoms with Crippen LogP contribution in [0.2, 0.25) is 5.02 Å². The summed E-state index contributed by atoms with van der Waals surface area (Å²) in [7, 11) is 0. The number of hydrogen-bond acceptors (Lipinski definition) is 2. The van der Waals surface area contributed by atoms with Gasteiger partial charge in [0, 0.05) is 10.7 Å². The van der Waals surface area contributed by atoms with Crippen LogP contribution in [0.25, 0.3) is 6.08 Å². The number of rotatable bonds is 1. The summed E-state index contributed by atoms with van der Waals surface area (Å²) in [5, 5.41) is 0.766. The van der Waals surface area contributed by atoms with Gasteiger partial charge in [-0.2, -0.15) is 0 Å². The van der Waals surface area contributed by atoms with Crippen LogP contribution in [0.3, 0.4) is 0 Å². The molecule has 1 atom stereocenters. The second kappa shape index (κ2) is 4.50. The van der Waals surface area contributed by atoms with Crippen LogP contribution in [-0.4, -0.2) is 12.4 Å². The van der Waals surface area contributed by atoms with Gasteiger partial charge in [-0.05, 0) is 41.5 Å². The van der Waals surface area contributed by atoms with Gasteiger partial charge in [0.15, 0.2) is 0 Å². The highest BCUT2D eigenvalue weighted by Gasteiger charge is 2.28. The first-order valence-corrected chi connectivity index (χ1v) is 7.07. The van der Waals surface area contributed by atoms with Crippen molar-refractivity contribution >= 4 is 29.2 Å². The fourth-order valence-electron chi connectivity index (χ4n) is 2.79. The Morgan fingerprint density at radius 1 is 1.00 bits per heavy atom. The van der Waals surface area contributed by atoms with Gasteiger partial charge < -0.3 is 4.90 Å². The number of hydrogen-bond donors (Lipinski definition) is 0. The number of amidine groups is 1. The number of nitrogens with zero attached hydrogens (tertiary/aromatic N) is 2. The van der Waals surface area contributed by atoms with Gasteiger partial charge in [-0.15, -0.1) is 0 Å². The van der Waals surface area contributed by atoms with Crippen molar-refractivity contribution in [3.05, 3.63) is 70.8 Å². The molecule has 0 N–H and O–H groups in total. The van der Waals surface area contributed by atoms with E-state index in [0.29, 0.717) is 0 Å². The molecule has 0 bridgehead atoms.